The number of aromatic nitrogens is 5. The van der Waals surface area contributed by atoms with Crippen molar-refractivity contribution >= 4 is 29.0 Å². The number of aryl methyl sites for hydroxylation is 1. The Labute approximate surface area is 206 Å². The molecule has 4 heterocycles. The van der Waals surface area contributed by atoms with E-state index in [9.17, 15) is 9.90 Å². The summed E-state index contributed by atoms with van der Waals surface area (Å²) in [6, 6.07) is 9.17. The first-order valence-electron chi connectivity index (χ1n) is 11.2. The van der Waals surface area contributed by atoms with Crippen molar-refractivity contribution in [1.82, 2.24) is 29.6 Å². The topological polar surface area (TPSA) is 118 Å². The number of hydrogen-bond donors (Lipinski definition) is 2. The van der Waals surface area contributed by atoms with Crippen LogP contribution in [0.2, 0.25) is 0 Å². The van der Waals surface area contributed by atoms with Gasteiger partial charge in [0, 0.05) is 44.2 Å². The lowest BCUT2D eigenvalue weighted by atomic mass is 9.91. The quantitative estimate of drug-likeness (QED) is 0.405. The highest BCUT2D eigenvalue weighted by Gasteiger charge is 2.45. The maximum Gasteiger partial charge on any atom is 0.258 e. The lowest BCUT2D eigenvalue weighted by Gasteiger charge is -2.21. The average molecular weight is 492 g/mol. The number of rotatable bonds is 7. The molecule has 0 radical (unpaired) electrons. The number of aliphatic hydroxyl groups is 1. The Balaban J connectivity index is 1.40. The molecule has 1 saturated heterocycles. The van der Waals surface area contributed by atoms with E-state index >= 15 is 0 Å². The molecule has 11 heteroatoms. The van der Waals surface area contributed by atoms with Gasteiger partial charge in [0.25, 0.3) is 5.91 Å². The first-order chi connectivity index (χ1) is 16.9. The number of carbonyl (C=O) groups is 1. The molecule has 2 N–H and O–H groups in total. The second kappa shape index (κ2) is 9.08. The Morgan fingerprint density at radius 2 is 2.09 bits per heavy atom. The van der Waals surface area contributed by atoms with Crippen LogP contribution in [0.3, 0.4) is 0 Å². The Morgan fingerprint density at radius 3 is 2.86 bits per heavy atom. The van der Waals surface area contributed by atoms with Gasteiger partial charge in [-0.3, -0.25) is 9.48 Å². The first kappa shape index (κ1) is 22.9. The fraction of sp³-hybridized carbons (Fsp3) is 0.292. The lowest BCUT2D eigenvalue weighted by molar-refractivity contribution is -0.143. The van der Waals surface area contributed by atoms with Crippen molar-refractivity contribution in [1.29, 1.82) is 0 Å². The molecule has 5 rings (SSSR count). The van der Waals surface area contributed by atoms with Gasteiger partial charge in [0.15, 0.2) is 17.2 Å². The molecule has 3 aromatic heterocycles. The van der Waals surface area contributed by atoms with Crippen LogP contribution in [0.1, 0.15) is 18.9 Å². The van der Waals surface area contributed by atoms with Gasteiger partial charge in [-0.1, -0.05) is 18.2 Å². The molecular weight excluding hydrogens is 466 g/mol. The summed E-state index contributed by atoms with van der Waals surface area (Å²) in [6.45, 7) is 2.95. The summed E-state index contributed by atoms with van der Waals surface area (Å²) in [5, 5.41) is 21.2. The van der Waals surface area contributed by atoms with E-state index in [0.29, 0.717) is 54.0 Å². The van der Waals surface area contributed by atoms with E-state index in [2.05, 4.69) is 20.4 Å². The van der Waals surface area contributed by atoms with Crippen LogP contribution in [-0.2, 0) is 17.4 Å². The predicted molar refractivity (Wildman–Crippen MR) is 132 cm³/mol. The Kier molecular flexibility index (Phi) is 5.95. The summed E-state index contributed by atoms with van der Waals surface area (Å²) in [7, 11) is 3.52. The summed E-state index contributed by atoms with van der Waals surface area (Å²) >= 11 is 1.47. The Hall–Kier alpha value is -3.83. The number of nitrogens with one attached hydrogen (secondary N) is 1. The molecule has 4 aromatic rings. The van der Waals surface area contributed by atoms with Gasteiger partial charge < -0.3 is 20.1 Å². The van der Waals surface area contributed by atoms with Crippen molar-refractivity contribution in [2.24, 2.45) is 7.05 Å². The maximum absolute atomic E-state index is 12.5. The Bertz CT molecular complexity index is 1380. The summed E-state index contributed by atoms with van der Waals surface area (Å²) in [4.78, 5) is 27.7. The highest BCUT2D eigenvalue weighted by atomic mass is 32.1. The fourth-order valence-electron chi connectivity index (χ4n) is 4.04. The van der Waals surface area contributed by atoms with Crippen molar-refractivity contribution < 1.29 is 14.6 Å². The van der Waals surface area contributed by atoms with Crippen LogP contribution in [0.25, 0.3) is 22.0 Å². The van der Waals surface area contributed by atoms with Gasteiger partial charge >= 0.3 is 0 Å². The van der Waals surface area contributed by atoms with Crippen LogP contribution in [-0.4, -0.2) is 60.8 Å². The average Bonchev–Trinajstić information content (AvgIpc) is 3.55. The molecule has 1 aromatic carbocycles. The van der Waals surface area contributed by atoms with Crippen LogP contribution >= 0.6 is 11.3 Å². The van der Waals surface area contributed by atoms with Gasteiger partial charge in [-0.2, -0.15) is 5.10 Å². The summed E-state index contributed by atoms with van der Waals surface area (Å²) in [5.41, 5.74) is 1.26. The predicted octanol–water partition coefficient (Wildman–Crippen LogP) is 3.19. The van der Waals surface area contributed by atoms with Gasteiger partial charge in [-0.05, 0) is 24.6 Å². The summed E-state index contributed by atoms with van der Waals surface area (Å²) < 4.78 is 7.27. The van der Waals surface area contributed by atoms with E-state index in [1.165, 1.54) is 11.3 Å². The van der Waals surface area contributed by atoms with Crippen molar-refractivity contribution in [3.63, 3.8) is 0 Å². The molecule has 10 nitrogen and oxygen atoms in total. The van der Waals surface area contributed by atoms with Crippen LogP contribution in [0.5, 0.6) is 5.75 Å². The molecule has 1 aliphatic heterocycles. The van der Waals surface area contributed by atoms with Gasteiger partial charge in [0.1, 0.15) is 10.7 Å². The molecule has 180 valence electrons. The molecule has 35 heavy (non-hydrogen) atoms. The monoisotopic (exact) mass is 491 g/mol. The lowest BCUT2D eigenvalue weighted by Crippen LogP contribution is -2.36. The van der Waals surface area contributed by atoms with E-state index in [-0.39, 0.29) is 5.91 Å². The van der Waals surface area contributed by atoms with Gasteiger partial charge in [0.05, 0.1) is 18.5 Å². The van der Waals surface area contributed by atoms with Gasteiger partial charge in [-0.25, -0.2) is 15.0 Å². The number of carbonyl (C=O) groups excluding carboxylic acids is 1. The summed E-state index contributed by atoms with van der Waals surface area (Å²) in [5.74, 6) is 1.25. The zero-order valence-corrected chi connectivity index (χ0v) is 20.4. The van der Waals surface area contributed by atoms with Crippen molar-refractivity contribution in [3.05, 3.63) is 53.7 Å². The second-order valence-electron chi connectivity index (χ2n) is 8.29. The number of hydrogen-bond acceptors (Lipinski definition) is 9. The zero-order chi connectivity index (χ0) is 24.6. The third-order valence-corrected chi connectivity index (χ3v) is 6.74. The number of likely N-dealkylation sites (N-methyl/N-ethyl adjacent to an activating group) is 1. The van der Waals surface area contributed by atoms with Gasteiger partial charge in [0.2, 0.25) is 5.95 Å². The van der Waals surface area contributed by atoms with Crippen LogP contribution < -0.4 is 10.1 Å². The normalized spacial score (nSPS) is 17.7. The number of amides is 1. The van der Waals surface area contributed by atoms with Gasteiger partial charge in [-0.15, -0.1) is 11.3 Å². The highest BCUT2D eigenvalue weighted by Crippen LogP contribution is 2.36. The number of thiazole rings is 1. The van der Waals surface area contributed by atoms with Crippen molar-refractivity contribution in [2.45, 2.75) is 18.9 Å². The molecule has 1 fully saturated rings. The van der Waals surface area contributed by atoms with E-state index in [1.807, 2.05) is 37.6 Å². The minimum Gasteiger partial charge on any atom is -0.488 e. The number of ether oxygens (including phenoxy) is 1. The molecule has 1 aliphatic rings. The molecule has 0 bridgehead atoms. The van der Waals surface area contributed by atoms with E-state index < -0.39 is 5.60 Å². The van der Waals surface area contributed by atoms with Crippen LogP contribution in [0, 0.1) is 0 Å². The zero-order valence-electron chi connectivity index (χ0n) is 19.6. The molecule has 0 aliphatic carbocycles. The highest BCUT2D eigenvalue weighted by molar-refractivity contribution is 7.13. The summed E-state index contributed by atoms with van der Waals surface area (Å²) in [6.07, 6.45) is 3.81. The van der Waals surface area contributed by atoms with Crippen LogP contribution in [0.15, 0.2) is 48.1 Å². The third kappa shape index (κ3) is 4.35. The fourth-order valence-corrected chi connectivity index (χ4v) is 4.85. The molecule has 0 spiro atoms. The molecule has 0 unspecified atom stereocenters. The van der Waals surface area contributed by atoms with E-state index in [1.54, 1.807) is 41.2 Å². The smallest absolute Gasteiger partial charge is 0.258 e. The number of benzene rings is 1. The van der Waals surface area contributed by atoms with Crippen molar-refractivity contribution in [3.8, 4) is 27.7 Å². The molecule has 0 saturated carbocycles. The first-order valence-corrected chi connectivity index (χ1v) is 12.1. The largest absolute Gasteiger partial charge is 0.488 e. The standard InChI is InChI=1S/C24H25N7O3S/c1-4-34-19-13-31(3)29-20(19)28-23-25-10-8-17(27-23)18-14-35-21(26-18)15-6-5-7-16(12-15)24(33)9-11-30(2)22(24)32/h5-8,10,12-14,33H,4,9,11H2,1-3H3,(H,25,27,28,29)/t24-/m1/s1. The molecular formula is C24H25N7O3S. The third-order valence-electron chi connectivity index (χ3n) is 5.84. The van der Waals surface area contributed by atoms with E-state index in [4.69, 9.17) is 9.72 Å². The Morgan fingerprint density at radius 1 is 1.23 bits per heavy atom. The number of nitrogens with zero attached hydrogens (tertiary/aromatic N) is 6. The SMILES string of the molecule is CCOc1cn(C)nc1Nc1nccc(-c2csc(-c3cccc([C@]4(O)CCN(C)C4=O)c3)n2)n1. The van der Waals surface area contributed by atoms with E-state index in [0.717, 1.165) is 10.6 Å². The van der Waals surface area contributed by atoms with Crippen molar-refractivity contribution in [2.75, 3.05) is 25.5 Å². The minimum absolute atomic E-state index is 0.282. The molecule has 1 amide bonds. The number of anilines is 2. The second-order valence-corrected chi connectivity index (χ2v) is 9.15. The number of likely N-dealkylation sites (tertiary alicyclic amines) is 1. The maximum atomic E-state index is 12.5. The van der Waals surface area contributed by atoms with Crippen LogP contribution in [0.4, 0.5) is 11.8 Å². The molecule has 1 atom stereocenters. The minimum atomic E-state index is -1.50.